The highest BCUT2D eigenvalue weighted by atomic mass is 35.5. The van der Waals surface area contributed by atoms with E-state index < -0.39 is 0 Å². The van der Waals surface area contributed by atoms with E-state index in [1.165, 1.54) is 11.1 Å². The van der Waals surface area contributed by atoms with Crippen LogP contribution < -0.4 is 15.4 Å². The fraction of sp³-hybridized carbons (Fsp3) is 0.294. The molecule has 2 N–H and O–H groups in total. The predicted octanol–water partition coefficient (Wildman–Crippen LogP) is 3.49. The zero-order chi connectivity index (χ0) is 15.2. The summed E-state index contributed by atoms with van der Waals surface area (Å²) >= 11 is 6.37. The van der Waals surface area contributed by atoms with Crippen LogP contribution in [0.1, 0.15) is 11.1 Å². The molecule has 0 spiro atoms. The van der Waals surface area contributed by atoms with E-state index in [-0.39, 0.29) is 0 Å². The Labute approximate surface area is 131 Å². The van der Waals surface area contributed by atoms with Crippen LogP contribution in [-0.4, -0.2) is 20.7 Å². The number of nitrogens with zero attached hydrogens (tertiary/aromatic N) is 1. The Balaban J connectivity index is 2.20. The van der Waals surface area contributed by atoms with Gasteiger partial charge < -0.3 is 15.4 Å². The van der Waals surface area contributed by atoms with Crippen LogP contribution in [-0.2, 0) is 13.0 Å². The fourth-order valence-corrected chi connectivity index (χ4v) is 2.77. The molecular weight excluding hydrogens is 284 g/mol. The number of para-hydroxylation sites is 1. The SMILES string of the molecule is COc1ccc(CN(C)c2c(Cl)cccc2CCN)cc1. The zero-order valence-electron chi connectivity index (χ0n) is 12.5. The van der Waals surface area contributed by atoms with E-state index in [9.17, 15) is 0 Å². The van der Waals surface area contributed by atoms with E-state index in [4.69, 9.17) is 22.1 Å². The van der Waals surface area contributed by atoms with Crippen LogP contribution in [0.4, 0.5) is 5.69 Å². The lowest BCUT2D eigenvalue weighted by Gasteiger charge is -2.24. The Kier molecular flexibility index (Phi) is 5.48. The van der Waals surface area contributed by atoms with Crippen molar-refractivity contribution in [1.29, 1.82) is 0 Å². The third kappa shape index (κ3) is 3.90. The minimum atomic E-state index is 0.615. The minimum absolute atomic E-state index is 0.615. The highest BCUT2D eigenvalue weighted by Crippen LogP contribution is 2.30. The predicted molar refractivity (Wildman–Crippen MR) is 89.3 cm³/mol. The van der Waals surface area contributed by atoms with Crippen molar-refractivity contribution in [2.45, 2.75) is 13.0 Å². The van der Waals surface area contributed by atoms with E-state index >= 15 is 0 Å². The molecule has 0 aliphatic heterocycles. The lowest BCUT2D eigenvalue weighted by atomic mass is 10.1. The maximum atomic E-state index is 6.37. The molecule has 3 nitrogen and oxygen atoms in total. The van der Waals surface area contributed by atoms with E-state index in [1.807, 2.05) is 31.3 Å². The second-order valence-electron chi connectivity index (χ2n) is 4.99. The molecule has 0 aliphatic rings. The van der Waals surface area contributed by atoms with E-state index in [0.29, 0.717) is 6.54 Å². The van der Waals surface area contributed by atoms with Crippen molar-refractivity contribution in [3.8, 4) is 5.75 Å². The molecule has 4 heteroatoms. The Morgan fingerprint density at radius 3 is 2.48 bits per heavy atom. The molecule has 0 bridgehead atoms. The van der Waals surface area contributed by atoms with Gasteiger partial charge in [-0.05, 0) is 42.3 Å². The second kappa shape index (κ2) is 7.34. The summed E-state index contributed by atoms with van der Waals surface area (Å²) in [6, 6.07) is 14.0. The molecule has 2 rings (SSSR count). The van der Waals surface area contributed by atoms with Crippen molar-refractivity contribution >= 4 is 17.3 Å². The fourth-order valence-electron chi connectivity index (χ4n) is 2.43. The molecule has 0 radical (unpaired) electrons. The van der Waals surface area contributed by atoms with Gasteiger partial charge >= 0.3 is 0 Å². The van der Waals surface area contributed by atoms with Crippen LogP contribution in [0.25, 0.3) is 0 Å². The second-order valence-corrected chi connectivity index (χ2v) is 5.40. The van der Waals surface area contributed by atoms with E-state index in [2.05, 4.69) is 23.1 Å². The molecule has 2 aromatic rings. The number of nitrogens with two attached hydrogens (primary N) is 1. The van der Waals surface area contributed by atoms with Gasteiger partial charge in [0.2, 0.25) is 0 Å². The topological polar surface area (TPSA) is 38.5 Å². The Morgan fingerprint density at radius 2 is 1.86 bits per heavy atom. The van der Waals surface area contributed by atoms with Crippen molar-refractivity contribution in [3.63, 3.8) is 0 Å². The van der Waals surface area contributed by atoms with Gasteiger partial charge in [0.25, 0.3) is 0 Å². The highest BCUT2D eigenvalue weighted by molar-refractivity contribution is 6.33. The minimum Gasteiger partial charge on any atom is -0.497 e. The average molecular weight is 305 g/mol. The molecular formula is C17H21ClN2O. The van der Waals surface area contributed by atoms with Crippen LogP contribution in [0.2, 0.25) is 5.02 Å². The normalized spacial score (nSPS) is 10.5. The number of hydrogen-bond donors (Lipinski definition) is 1. The maximum Gasteiger partial charge on any atom is 0.118 e. The van der Waals surface area contributed by atoms with Crippen molar-refractivity contribution in [3.05, 3.63) is 58.6 Å². The van der Waals surface area contributed by atoms with Gasteiger partial charge in [-0.15, -0.1) is 0 Å². The summed E-state index contributed by atoms with van der Waals surface area (Å²) in [5.74, 6) is 0.864. The van der Waals surface area contributed by atoms with Gasteiger partial charge in [0.1, 0.15) is 5.75 Å². The van der Waals surface area contributed by atoms with Crippen LogP contribution in [0.3, 0.4) is 0 Å². The lowest BCUT2D eigenvalue weighted by molar-refractivity contribution is 0.414. The molecule has 112 valence electrons. The smallest absolute Gasteiger partial charge is 0.118 e. The number of halogens is 1. The van der Waals surface area contributed by atoms with Crippen LogP contribution in [0.5, 0.6) is 5.75 Å². The third-order valence-corrected chi connectivity index (χ3v) is 3.75. The van der Waals surface area contributed by atoms with Crippen LogP contribution in [0.15, 0.2) is 42.5 Å². The summed E-state index contributed by atoms with van der Waals surface area (Å²) in [4.78, 5) is 2.16. The molecule has 0 heterocycles. The number of hydrogen-bond acceptors (Lipinski definition) is 3. The maximum absolute atomic E-state index is 6.37. The molecule has 0 aliphatic carbocycles. The summed E-state index contributed by atoms with van der Waals surface area (Å²) in [7, 11) is 3.72. The van der Waals surface area contributed by atoms with Crippen molar-refractivity contribution in [2.24, 2.45) is 5.73 Å². The molecule has 0 unspecified atom stereocenters. The van der Waals surface area contributed by atoms with Gasteiger partial charge in [-0.2, -0.15) is 0 Å². The van der Waals surface area contributed by atoms with Crippen LogP contribution in [0, 0.1) is 0 Å². The van der Waals surface area contributed by atoms with Gasteiger partial charge in [-0.1, -0.05) is 35.9 Å². The third-order valence-electron chi connectivity index (χ3n) is 3.44. The molecule has 0 saturated carbocycles. The molecule has 21 heavy (non-hydrogen) atoms. The number of ether oxygens (including phenoxy) is 1. The quantitative estimate of drug-likeness (QED) is 0.888. The molecule has 2 aromatic carbocycles. The monoisotopic (exact) mass is 304 g/mol. The van der Waals surface area contributed by atoms with Gasteiger partial charge in [-0.3, -0.25) is 0 Å². The van der Waals surface area contributed by atoms with Crippen molar-refractivity contribution in [1.82, 2.24) is 0 Å². The van der Waals surface area contributed by atoms with Gasteiger partial charge in [-0.25, -0.2) is 0 Å². The van der Waals surface area contributed by atoms with Gasteiger partial charge in [0.05, 0.1) is 17.8 Å². The number of benzene rings is 2. The summed E-state index contributed by atoms with van der Waals surface area (Å²) in [6.07, 6.45) is 0.822. The molecule has 0 amide bonds. The zero-order valence-corrected chi connectivity index (χ0v) is 13.2. The Morgan fingerprint density at radius 1 is 1.14 bits per heavy atom. The average Bonchev–Trinajstić information content (AvgIpc) is 2.48. The van der Waals surface area contributed by atoms with Crippen molar-refractivity contribution in [2.75, 3.05) is 25.6 Å². The van der Waals surface area contributed by atoms with Crippen LogP contribution >= 0.6 is 11.6 Å². The Bertz CT molecular complexity index is 584. The molecule has 0 aromatic heterocycles. The highest BCUT2D eigenvalue weighted by Gasteiger charge is 2.11. The summed E-state index contributed by atoms with van der Waals surface area (Å²) in [5.41, 5.74) is 9.13. The first-order chi connectivity index (χ1) is 10.2. The molecule has 0 saturated heterocycles. The largest absolute Gasteiger partial charge is 0.497 e. The molecule has 0 fully saturated rings. The number of rotatable bonds is 6. The van der Waals surface area contributed by atoms with Gasteiger partial charge in [0.15, 0.2) is 0 Å². The number of anilines is 1. The van der Waals surface area contributed by atoms with E-state index in [0.717, 1.165) is 29.4 Å². The summed E-state index contributed by atoms with van der Waals surface area (Å²) in [6.45, 7) is 1.40. The Hall–Kier alpha value is -1.71. The first-order valence-corrected chi connectivity index (χ1v) is 7.35. The first kappa shape index (κ1) is 15.7. The summed E-state index contributed by atoms with van der Waals surface area (Å²) < 4.78 is 5.18. The molecule has 0 atom stereocenters. The number of methoxy groups -OCH3 is 1. The summed E-state index contributed by atoms with van der Waals surface area (Å²) in [5, 5.41) is 0.761. The van der Waals surface area contributed by atoms with E-state index in [1.54, 1.807) is 7.11 Å². The van der Waals surface area contributed by atoms with Gasteiger partial charge in [0, 0.05) is 13.6 Å². The lowest BCUT2D eigenvalue weighted by Crippen LogP contribution is -2.19. The standard InChI is InChI=1S/C17H21ClN2O/c1-20(12-13-6-8-15(21-2)9-7-13)17-14(10-11-19)4-3-5-16(17)18/h3-9H,10-12,19H2,1-2H3. The van der Waals surface area contributed by atoms with Crippen molar-refractivity contribution < 1.29 is 4.74 Å². The first-order valence-electron chi connectivity index (χ1n) is 6.97.